The number of carbonyl (C=O) groups excluding carboxylic acids is 5. The molecule has 5 amide bonds. The van der Waals surface area contributed by atoms with Gasteiger partial charge in [0.25, 0.3) is 5.91 Å². The van der Waals surface area contributed by atoms with Gasteiger partial charge in [-0.15, -0.1) is 22.0 Å². The van der Waals surface area contributed by atoms with Crippen LogP contribution >= 0.6 is 34.9 Å². The van der Waals surface area contributed by atoms with Gasteiger partial charge < -0.3 is 20.5 Å². The van der Waals surface area contributed by atoms with E-state index in [1.54, 1.807) is 24.3 Å². The van der Waals surface area contributed by atoms with Crippen LogP contribution in [-0.4, -0.2) is 79.7 Å². The van der Waals surface area contributed by atoms with E-state index in [-0.39, 0.29) is 54.0 Å². The van der Waals surface area contributed by atoms with Gasteiger partial charge in [-0.05, 0) is 42.5 Å². The minimum absolute atomic E-state index is 0. The normalized spacial score (nSPS) is 16.8. The van der Waals surface area contributed by atoms with Crippen molar-refractivity contribution in [2.75, 3.05) is 23.9 Å². The number of aromatic nitrogens is 2. The van der Waals surface area contributed by atoms with Crippen LogP contribution in [0.5, 0.6) is 0 Å². The van der Waals surface area contributed by atoms with Gasteiger partial charge in [-0.2, -0.15) is 0 Å². The molecule has 16 heteroatoms. The van der Waals surface area contributed by atoms with Crippen LogP contribution in [0.2, 0.25) is 0 Å². The fourth-order valence-corrected chi connectivity index (χ4v) is 8.33. The Morgan fingerprint density at radius 2 is 1.81 bits per heavy atom. The number of hydrogen-bond donors (Lipinski definition) is 2. The molecule has 2 aromatic carbocycles. The van der Waals surface area contributed by atoms with E-state index in [9.17, 15) is 29.1 Å². The minimum atomic E-state index is -1.45. The SMILES string of the molecule is Cc1nnc(SCC2=C(C(=O)[O-])N3C(=O)C(NC(=O)Cc4ccccc4NC(=O)N(C)C(=O)CCCc4ccccc4)[C@H]3SC2)s1.[Na+]. The van der Waals surface area contributed by atoms with E-state index < -0.39 is 35.2 Å². The average molecular weight is 703 g/mol. The molecular weight excluding hydrogens is 672 g/mol. The number of nitrogens with one attached hydrogen (secondary N) is 2. The minimum Gasteiger partial charge on any atom is -0.543 e. The zero-order chi connectivity index (χ0) is 32.8. The van der Waals surface area contributed by atoms with E-state index in [4.69, 9.17) is 0 Å². The molecule has 2 N–H and O–H groups in total. The third-order valence-corrected chi connectivity index (χ3v) is 10.8. The van der Waals surface area contributed by atoms with Gasteiger partial charge in [0.2, 0.25) is 11.8 Å². The maximum absolute atomic E-state index is 13.1. The summed E-state index contributed by atoms with van der Waals surface area (Å²) in [7, 11) is 1.40. The molecule has 1 unspecified atom stereocenters. The molecule has 2 aliphatic rings. The van der Waals surface area contributed by atoms with Crippen molar-refractivity contribution < 1.29 is 58.6 Å². The van der Waals surface area contributed by atoms with Crippen molar-refractivity contribution in [1.82, 2.24) is 25.3 Å². The first-order valence-electron chi connectivity index (χ1n) is 14.4. The molecule has 0 radical (unpaired) electrons. The second kappa shape index (κ2) is 16.8. The summed E-state index contributed by atoms with van der Waals surface area (Å²) in [5, 5.41) is 25.7. The number of anilines is 1. The van der Waals surface area contributed by atoms with Crippen molar-refractivity contribution in [3.63, 3.8) is 0 Å². The van der Waals surface area contributed by atoms with Crippen molar-refractivity contribution in [1.29, 1.82) is 0 Å². The van der Waals surface area contributed by atoms with E-state index in [1.807, 2.05) is 37.3 Å². The molecule has 1 aromatic heterocycles. The summed E-state index contributed by atoms with van der Waals surface area (Å²) in [6.45, 7) is 1.83. The predicted molar refractivity (Wildman–Crippen MR) is 174 cm³/mol. The number of benzene rings is 2. The summed E-state index contributed by atoms with van der Waals surface area (Å²) in [5.74, 6) is -2.12. The Balaban J connectivity index is 0.00000500. The summed E-state index contributed by atoms with van der Waals surface area (Å²) in [6.07, 6.45) is 1.36. The molecule has 1 fully saturated rings. The Bertz CT molecular complexity index is 1690. The van der Waals surface area contributed by atoms with Gasteiger partial charge in [-0.25, -0.2) is 4.79 Å². The Morgan fingerprint density at radius 1 is 1.09 bits per heavy atom. The number of β-lactam (4-membered cyclic amide) rings is 1. The van der Waals surface area contributed by atoms with Gasteiger partial charge in [0, 0.05) is 30.7 Å². The molecule has 3 aromatic rings. The van der Waals surface area contributed by atoms with Crippen LogP contribution < -0.4 is 45.3 Å². The first-order chi connectivity index (χ1) is 22.1. The molecular formula is C31H31N6NaO6S3. The summed E-state index contributed by atoms with van der Waals surface area (Å²) in [5.41, 5.74) is 2.33. The van der Waals surface area contributed by atoms with Crippen LogP contribution in [0.4, 0.5) is 10.5 Å². The van der Waals surface area contributed by atoms with E-state index in [0.29, 0.717) is 39.1 Å². The van der Waals surface area contributed by atoms with Crippen LogP contribution in [-0.2, 0) is 32.0 Å². The van der Waals surface area contributed by atoms with Crippen LogP contribution in [0.25, 0.3) is 0 Å². The van der Waals surface area contributed by atoms with Crippen LogP contribution in [0, 0.1) is 6.92 Å². The van der Waals surface area contributed by atoms with E-state index in [1.165, 1.54) is 46.8 Å². The molecule has 5 rings (SSSR count). The van der Waals surface area contributed by atoms with E-state index in [0.717, 1.165) is 21.9 Å². The molecule has 2 aliphatic heterocycles. The van der Waals surface area contributed by atoms with E-state index >= 15 is 0 Å². The summed E-state index contributed by atoms with van der Waals surface area (Å²) in [4.78, 5) is 65.9. The number of fused-ring (bicyclic) bond motifs is 1. The number of nitrogens with zero attached hydrogens (tertiary/aromatic N) is 4. The summed E-state index contributed by atoms with van der Waals surface area (Å²) >= 11 is 4.11. The van der Waals surface area contributed by atoms with Gasteiger partial charge >= 0.3 is 35.6 Å². The van der Waals surface area contributed by atoms with Gasteiger partial charge in [0.05, 0.1) is 18.1 Å². The number of hydrogen-bond acceptors (Lipinski definition) is 11. The molecule has 0 spiro atoms. The van der Waals surface area contributed by atoms with Gasteiger partial charge in [0.15, 0.2) is 4.34 Å². The second-order valence-electron chi connectivity index (χ2n) is 10.6. The zero-order valence-electron chi connectivity index (χ0n) is 26.1. The number of carbonyl (C=O) groups is 5. The number of carboxylic acids is 1. The number of imide groups is 1. The van der Waals surface area contributed by atoms with Crippen molar-refractivity contribution in [2.45, 2.75) is 48.4 Å². The van der Waals surface area contributed by atoms with Gasteiger partial charge in [-0.1, -0.05) is 71.6 Å². The molecule has 2 atom stereocenters. The Morgan fingerprint density at radius 3 is 2.51 bits per heavy atom. The zero-order valence-corrected chi connectivity index (χ0v) is 30.5. The van der Waals surface area contributed by atoms with Crippen LogP contribution in [0.3, 0.4) is 0 Å². The number of rotatable bonds is 12. The quantitative estimate of drug-likeness (QED) is 0.144. The number of aliphatic carboxylic acids is 1. The van der Waals surface area contributed by atoms with Crippen molar-refractivity contribution >= 4 is 70.3 Å². The number of para-hydroxylation sites is 1. The monoisotopic (exact) mass is 702 g/mol. The standard InChI is InChI=1S/C31H32N6O6S3.Na/c1-18-34-35-31(46-18)45-17-21-16-44-28-25(27(40)37(28)26(21)29(41)42)33-23(38)15-20-12-6-7-13-22(20)32-30(43)36(2)24(39)14-8-11-19-9-4-3-5-10-19;/h3-7,9-10,12-13,25,28H,8,11,14-17H2,1-2H3,(H,32,43)(H,33,38)(H,41,42);/q;+1/p-1/t25?,28-;/m1./s1. The number of urea groups is 1. The summed E-state index contributed by atoms with van der Waals surface area (Å²) < 4.78 is 0.698. The smallest absolute Gasteiger partial charge is 0.543 e. The van der Waals surface area contributed by atoms with Crippen molar-refractivity contribution in [3.8, 4) is 0 Å². The maximum Gasteiger partial charge on any atom is 1.00 e. The van der Waals surface area contributed by atoms with Gasteiger partial charge in [-0.3, -0.25) is 24.2 Å². The number of aryl methyl sites for hydroxylation is 2. The second-order valence-corrected chi connectivity index (χ2v) is 14.1. The molecule has 0 saturated carbocycles. The third-order valence-electron chi connectivity index (χ3n) is 7.42. The maximum atomic E-state index is 13.1. The molecule has 1 saturated heterocycles. The number of amides is 5. The fraction of sp³-hybridized carbons (Fsp3) is 0.323. The number of thioether (sulfide) groups is 2. The molecule has 3 heterocycles. The number of carboxylic acid groups (broad SMARTS) is 1. The molecule has 0 aliphatic carbocycles. The van der Waals surface area contributed by atoms with Gasteiger partial charge in [0.1, 0.15) is 16.4 Å². The Kier molecular flexibility index (Phi) is 13.1. The fourth-order valence-electron chi connectivity index (χ4n) is 5.03. The van der Waals surface area contributed by atoms with Crippen LogP contribution in [0.15, 0.2) is 70.2 Å². The Hall–Kier alpha value is -3.21. The third kappa shape index (κ3) is 9.03. The molecule has 12 nitrogen and oxygen atoms in total. The first kappa shape index (κ1) is 36.6. The topological polar surface area (TPSA) is 165 Å². The van der Waals surface area contributed by atoms with Crippen LogP contribution in [0.1, 0.15) is 29.0 Å². The predicted octanol–water partition coefficient (Wildman–Crippen LogP) is -0.398. The molecule has 0 bridgehead atoms. The van der Waals surface area contributed by atoms with Crippen molar-refractivity contribution in [3.05, 3.63) is 82.0 Å². The molecule has 240 valence electrons. The van der Waals surface area contributed by atoms with Crippen molar-refractivity contribution in [2.24, 2.45) is 0 Å². The molecule has 47 heavy (non-hydrogen) atoms. The largest absolute Gasteiger partial charge is 1.00 e. The average Bonchev–Trinajstić information content (AvgIpc) is 3.47. The Labute approximate surface area is 306 Å². The summed E-state index contributed by atoms with van der Waals surface area (Å²) in [6, 6.07) is 14.9. The first-order valence-corrected chi connectivity index (χ1v) is 17.3. The van der Waals surface area contributed by atoms with E-state index in [2.05, 4.69) is 20.8 Å².